The molecule has 0 aliphatic heterocycles. The van der Waals surface area contributed by atoms with E-state index < -0.39 is 0 Å². The van der Waals surface area contributed by atoms with Gasteiger partial charge in [0, 0.05) is 11.4 Å². The first kappa shape index (κ1) is 21.2. The first-order valence-electron chi connectivity index (χ1n) is 9.19. The number of amides is 1. The van der Waals surface area contributed by atoms with Gasteiger partial charge in [0.15, 0.2) is 11.5 Å². The third-order valence-electron chi connectivity index (χ3n) is 4.40. The molecular formula is C22H29NO3S. The number of rotatable bonds is 9. The van der Waals surface area contributed by atoms with Gasteiger partial charge in [0.2, 0.25) is 5.91 Å². The molecule has 0 bridgehead atoms. The maximum absolute atomic E-state index is 12.4. The standard InChI is InChI=1S/C22H29NO3S/c1-15(2)18-8-6-17(7-9-18)12-13-23-22(24)16(3)27-19-10-11-20(25-4)21(14-19)26-5/h6-11,14-16H,12-13H2,1-5H3,(H,23,24)/t16-/m1/s1. The minimum atomic E-state index is -0.189. The van der Waals surface area contributed by atoms with E-state index in [0.29, 0.717) is 24.0 Å². The van der Waals surface area contributed by atoms with Crippen LogP contribution in [0.5, 0.6) is 11.5 Å². The highest BCUT2D eigenvalue weighted by atomic mass is 32.2. The zero-order chi connectivity index (χ0) is 19.8. The number of hydrogen-bond acceptors (Lipinski definition) is 4. The van der Waals surface area contributed by atoms with Crippen LogP contribution in [0.4, 0.5) is 0 Å². The molecule has 0 saturated carbocycles. The molecule has 146 valence electrons. The number of nitrogens with one attached hydrogen (secondary N) is 1. The SMILES string of the molecule is COc1ccc(S[C@H](C)C(=O)NCCc2ccc(C(C)C)cc2)cc1OC. The predicted molar refractivity (Wildman–Crippen MR) is 112 cm³/mol. The van der Waals surface area contributed by atoms with E-state index in [4.69, 9.17) is 9.47 Å². The monoisotopic (exact) mass is 387 g/mol. The number of carbonyl (C=O) groups excluding carboxylic acids is 1. The highest BCUT2D eigenvalue weighted by Crippen LogP contribution is 2.33. The summed E-state index contributed by atoms with van der Waals surface area (Å²) in [5, 5.41) is 2.84. The quantitative estimate of drug-likeness (QED) is 0.636. The van der Waals surface area contributed by atoms with Crippen molar-refractivity contribution < 1.29 is 14.3 Å². The lowest BCUT2D eigenvalue weighted by Crippen LogP contribution is -2.32. The van der Waals surface area contributed by atoms with Gasteiger partial charge in [-0.25, -0.2) is 0 Å². The number of benzene rings is 2. The zero-order valence-corrected chi connectivity index (χ0v) is 17.6. The summed E-state index contributed by atoms with van der Waals surface area (Å²) in [6, 6.07) is 14.3. The van der Waals surface area contributed by atoms with Crippen LogP contribution in [-0.4, -0.2) is 31.9 Å². The van der Waals surface area contributed by atoms with E-state index in [1.165, 1.54) is 22.9 Å². The van der Waals surface area contributed by atoms with Crippen molar-refractivity contribution in [1.29, 1.82) is 0 Å². The second-order valence-electron chi connectivity index (χ2n) is 6.71. The largest absolute Gasteiger partial charge is 0.493 e. The number of thioether (sulfide) groups is 1. The van der Waals surface area contributed by atoms with Crippen molar-refractivity contribution in [2.75, 3.05) is 20.8 Å². The van der Waals surface area contributed by atoms with Gasteiger partial charge in [-0.05, 0) is 48.6 Å². The molecular weight excluding hydrogens is 358 g/mol. The number of hydrogen-bond donors (Lipinski definition) is 1. The molecule has 2 aromatic carbocycles. The van der Waals surface area contributed by atoms with E-state index >= 15 is 0 Å². The van der Waals surface area contributed by atoms with Gasteiger partial charge in [-0.15, -0.1) is 11.8 Å². The van der Waals surface area contributed by atoms with Crippen LogP contribution in [0, 0.1) is 0 Å². The van der Waals surface area contributed by atoms with E-state index in [1.807, 2.05) is 25.1 Å². The molecule has 0 unspecified atom stereocenters. The zero-order valence-electron chi connectivity index (χ0n) is 16.7. The maximum atomic E-state index is 12.4. The van der Waals surface area contributed by atoms with Crippen molar-refractivity contribution in [3.8, 4) is 11.5 Å². The summed E-state index contributed by atoms with van der Waals surface area (Å²) < 4.78 is 10.6. The van der Waals surface area contributed by atoms with E-state index in [-0.39, 0.29) is 11.2 Å². The summed E-state index contributed by atoms with van der Waals surface area (Å²) in [5.74, 6) is 1.92. The molecule has 2 rings (SSSR count). The molecule has 1 atom stereocenters. The molecule has 1 amide bonds. The summed E-state index contributed by atoms with van der Waals surface area (Å²) in [6.07, 6.45) is 0.831. The Kier molecular flexibility index (Phi) is 8.04. The fraction of sp³-hybridized carbons (Fsp3) is 0.409. The van der Waals surface area contributed by atoms with Gasteiger partial charge in [-0.3, -0.25) is 4.79 Å². The van der Waals surface area contributed by atoms with Crippen molar-refractivity contribution in [3.63, 3.8) is 0 Å². The van der Waals surface area contributed by atoms with Crippen LogP contribution in [0.25, 0.3) is 0 Å². The Labute approximate surface area is 166 Å². The van der Waals surface area contributed by atoms with Crippen molar-refractivity contribution in [2.45, 2.75) is 43.3 Å². The van der Waals surface area contributed by atoms with E-state index in [1.54, 1.807) is 14.2 Å². The maximum Gasteiger partial charge on any atom is 0.233 e. The number of carbonyl (C=O) groups is 1. The van der Waals surface area contributed by atoms with Crippen LogP contribution < -0.4 is 14.8 Å². The molecule has 0 heterocycles. The molecule has 0 saturated heterocycles. The van der Waals surface area contributed by atoms with Gasteiger partial charge in [-0.2, -0.15) is 0 Å². The van der Waals surface area contributed by atoms with Crippen LogP contribution in [0.2, 0.25) is 0 Å². The van der Waals surface area contributed by atoms with Crippen LogP contribution >= 0.6 is 11.8 Å². The Morgan fingerprint density at radius 2 is 1.67 bits per heavy atom. The van der Waals surface area contributed by atoms with Gasteiger partial charge >= 0.3 is 0 Å². The Morgan fingerprint density at radius 1 is 1.00 bits per heavy atom. The number of ether oxygens (including phenoxy) is 2. The number of methoxy groups -OCH3 is 2. The summed E-state index contributed by atoms with van der Waals surface area (Å²) >= 11 is 1.50. The van der Waals surface area contributed by atoms with Crippen molar-refractivity contribution in [1.82, 2.24) is 5.32 Å². The predicted octanol–water partition coefficient (Wildman–Crippen LogP) is 4.67. The fourth-order valence-electron chi connectivity index (χ4n) is 2.69. The lowest BCUT2D eigenvalue weighted by atomic mass is 10.0. The highest BCUT2D eigenvalue weighted by molar-refractivity contribution is 8.00. The third-order valence-corrected chi connectivity index (χ3v) is 5.49. The summed E-state index contributed by atoms with van der Waals surface area (Å²) in [6.45, 7) is 6.92. The highest BCUT2D eigenvalue weighted by Gasteiger charge is 2.15. The summed E-state index contributed by atoms with van der Waals surface area (Å²) in [4.78, 5) is 13.3. The molecule has 4 nitrogen and oxygen atoms in total. The molecule has 0 aliphatic rings. The molecule has 5 heteroatoms. The second-order valence-corrected chi connectivity index (χ2v) is 8.13. The Morgan fingerprint density at radius 3 is 2.26 bits per heavy atom. The Hall–Kier alpha value is -2.14. The molecule has 2 aromatic rings. The van der Waals surface area contributed by atoms with Gasteiger partial charge < -0.3 is 14.8 Å². The molecule has 0 aliphatic carbocycles. The molecule has 1 N–H and O–H groups in total. The van der Waals surface area contributed by atoms with E-state index in [9.17, 15) is 4.79 Å². The van der Waals surface area contributed by atoms with Crippen LogP contribution in [-0.2, 0) is 11.2 Å². The van der Waals surface area contributed by atoms with Gasteiger partial charge in [0.05, 0.1) is 19.5 Å². The first-order chi connectivity index (χ1) is 12.9. The van der Waals surface area contributed by atoms with E-state index in [2.05, 4.69) is 43.4 Å². The normalized spacial score (nSPS) is 11.9. The molecule has 0 spiro atoms. The van der Waals surface area contributed by atoms with Gasteiger partial charge in [0.1, 0.15) is 0 Å². The third kappa shape index (κ3) is 6.21. The minimum Gasteiger partial charge on any atom is -0.493 e. The Bertz CT molecular complexity index is 744. The second kappa shape index (κ2) is 10.3. The van der Waals surface area contributed by atoms with Gasteiger partial charge in [0.25, 0.3) is 0 Å². The Balaban J connectivity index is 1.83. The van der Waals surface area contributed by atoms with Crippen molar-refractivity contribution >= 4 is 17.7 Å². The average molecular weight is 388 g/mol. The summed E-state index contributed by atoms with van der Waals surface area (Å²) in [5.41, 5.74) is 2.57. The smallest absolute Gasteiger partial charge is 0.233 e. The van der Waals surface area contributed by atoms with Crippen molar-refractivity contribution in [2.24, 2.45) is 0 Å². The summed E-state index contributed by atoms with van der Waals surface area (Å²) in [7, 11) is 3.22. The lowest BCUT2D eigenvalue weighted by molar-refractivity contribution is -0.120. The van der Waals surface area contributed by atoms with Gasteiger partial charge in [-0.1, -0.05) is 38.1 Å². The molecule has 27 heavy (non-hydrogen) atoms. The topological polar surface area (TPSA) is 47.6 Å². The minimum absolute atomic E-state index is 0.0357. The average Bonchev–Trinajstić information content (AvgIpc) is 2.68. The first-order valence-corrected chi connectivity index (χ1v) is 10.1. The van der Waals surface area contributed by atoms with Crippen LogP contribution in [0.15, 0.2) is 47.4 Å². The molecule has 0 aromatic heterocycles. The molecule has 0 fully saturated rings. The fourth-order valence-corrected chi connectivity index (χ4v) is 3.61. The van der Waals surface area contributed by atoms with E-state index in [0.717, 1.165) is 11.3 Å². The van der Waals surface area contributed by atoms with Crippen molar-refractivity contribution in [3.05, 3.63) is 53.6 Å². The molecule has 0 radical (unpaired) electrons. The van der Waals surface area contributed by atoms with Crippen LogP contribution in [0.1, 0.15) is 37.8 Å². The lowest BCUT2D eigenvalue weighted by Gasteiger charge is -2.14. The van der Waals surface area contributed by atoms with Crippen LogP contribution in [0.3, 0.4) is 0 Å².